The van der Waals surface area contributed by atoms with Crippen molar-refractivity contribution in [1.29, 1.82) is 0 Å². The maximum absolute atomic E-state index is 11.7. The first-order valence-electron chi connectivity index (χ1n) is 6.59. The maximum Gasteiger partial charge on any atom is 0.338 e. The van der Waals surface area contributed by atoms with Gasteiger partial charge in [-0.05, 0) is 42.7 Å². The lowest BCUT2D eigenvalue weighted by atomic mass is 10.1. The van der Waals surface area contributed by atoms with Crippen molar-refractivity contribution in [3.63, 3.8) is 0 Å². The molecule has 0 radical (unpaired) electrons. The van der Waals surface area contributed by atoms with Crippen molar-refractivity contribution >= 4 is 11.7 Å². The summed E-state index contributed by atoms with van der Waals surface area (Å²) in [7, 11) is 1.40. The van der Waals surface area contributed by atoms with Crippen LogP contribution in [-0.2, 0) is 11.3 Å². The van der Waals surface area contributed by atoms with Gasteiger partial charge in [-0.3, -0.25) is 0 Å². The second-order valence-electron chi connectivity index (χ2n) is 4.75. The normalized spacial score (nSPS) is 10.2. The molecule has 0 heterocycles. The van der Waals surface area contributed by atoms with Crippen LogP contribution in [0.5, 0.6) is 0 Å². The number of rotatable bonds is 4. The molecule has 0 amide bonds. The summed E-state index contributed by atoms with van der Waals surface area (Å²) >= 11 is 0. The molecule has 0 aliphatic rings. The summed E-state index contributed by atoms with van der Waals surface area (Å²) < 4.78 is 4.81. The first kappa shape index (κ1) is 14.1. The van der Waals surface area contributed by atoms with Gasteiger partial charge in [-0.25, -0.2) is 4.79 Å². The standard InChI is InChI=1S/C17H19NO2/c1-12-7-6-10-16(13(12)2)18-11-14-8-4-5-9-15(14)17(19)20-3/h4-10,18H,11H2,1-3H3. The number of nitrogens with one attached hydrogen (secondary N) is 1. The Labute approximate surface area is 119 Å². The predicted octanol–water partition coefficient (Wildman–Crippen LogP) is 3.70. The Morgan fingerprint density at radius 2 is 1.85 bits per heavy atom. The Bertz CT molecular complexity index is 620. The quantitative estimate of drug-likeness (QED) is 0.860. The lowest BCUT2D eigenvalue weighted by Gasteiger charge is -2.13. The number of ether oxygens (including phenoxy) is 1. The van der Waals surface area contributed by atoms with Gasteiger partial charge in [0.15, 0.2) is 0 Å². The highest BCUT2D eigenvalue weighted by molar-refractivity contribution is 5.91. The molecule has 3 heteroatoms. The molecule has 104 valence electrons. The highest BCUT2D eigenvalue weighted by Crippen LogP contribution is 2.19. The number of methoxy groups -OCH3 is 1. The molecule has 0 unspecified atom stereocenters. The monoisotopic (exact) mass is 269 g/mol. The average Bonchev–Trinajstić information content (AvgIpc) is 2.48. The van der Waals surface area contributed by atoms with E-state index < -0.39 is 0 Å². The molecule has 0 saturated carbocycles. The number of hydrogen-bond acceptors (Lipinski definition) is 3. The van der Waals surface area contributed by atoms with Crippen LogP contribution >= 0.6 is 0 Å². The Morgan fingerprint density at radius 3 is 2.60 bits per heavy atom. The van der Waals surface area contributed by atoms with E-state index in [2.05, 4.69) is 25.2 Å². The minimum atomic E-state index is -0.302. The molecule has 3 nitrogen and oxygen atoms in total. The summed E-state index contributed by atoms with van der Waals surface area (Å²) in [6, 6.07) is 13.6. The topological polar surface area (TPSA) is 38.3 Å². The molecule has 2 aromatic carbocycles. The summed E-state index contributed by atoms with van der Waals surface area (Å²) in [6.45, 7) is 4.77. The van der Waals surface area contributed by atoms with E-state index in [1.54, 1.807) is 6.07 Å². The van der Waals surface area contributed by atoms with Crippen molar-refractivity contribution in [2.24, 2.45) is 0 Å². The number of benzene rings is 2. The summed E-state index contributed by atoms with van der Waals surface area (Å²) in [4.78, 5) is 11.7. The van der Waals surface area contributed by atoms with Crippen molar-refractivity contribution in [3.05, 3.63) is 64.7 Å². The van der Waals surface area contributed by atoms with E-state index in [1.807, 2.05) is 30.3 Å². The second kappa shape index (κ2) is 6.24. The van der Waals surface area contributed by atoms with E-state index >= 15 is 0 Å². The lowest BCUT2D eigenvalue weighted by molar-refractivity contribution is 0.0599. The molecule has 2 rings (SSSR count). The van der Waals surface area contributed by atoms with Crippen molar-refractivity contribution in [3.8, 4) is 0 Å². The summed E-state index contributed by atoms with van der Waals surface area (Å²) in [5.74, 6) is -0.302. The highest BCUT2D eigenvalue weighted by atomic mass is 16.5. The summed E-state index contributed by atoms with van der Waals surface area (Å²) in [5, 5.41) is 3.38. The van der Waals surface area contributed by atoms with Gasteiger partial charge >= 0.3 is 5.97 Å². The number of hydrogen-bond donors (Lipinski definition) is 1. The van der Waals surface area contributed by atoms with Crippen molar-refractivity contribution in [1.82, 2.24) is 0 Å². The van der Waals surface area contributed by atoms with Crippen LogP contribution in [0.1, 0.15) is 27.0 Å². The van der Waals surface area contributed by atoms with Gasteiger partial charge in [0, 0.05) is 12.2 Å². The molecule has 2 aromatic rings. The van der Waals surface area contributed by atoms with E-state index in [0.29, 0.717) is 12.1 Å². The number of carbonyl (C=O) groups excluding carboxylic acids is 1. The number of aryl methyl sites for hydroxylation is 1. The molecule has 0 fully saturated rings. The lowest BCUT2D eigenvalue weighted by Crippen LogP contribution is -2.09. The maximum atomic E-state index is 11.7. The second-order valence-corrected chi connectivity index (χ2v) is 4.75. The molecule has 0 bridgehead atoms. The minimum absolute atomic E-state index is 0.302. The molecule has 20 heavy (non-hydrogen) atoms. The van der Waals surface area contributed by atoms with Gasteiger partial charge in [0.05, 0.1) is 12.7 Å². The first-order valence-corrected chi connectivity index (χ1v) is 6.59. The molecular weight excluding hydrogens is 250 g/mol. The van der Waals surface area contributed by atoms with E-state index in [-0.39, 0.29) is 5.97 Å². The molecule has 0 saturated heterocycles. The molecule has 1 N–H and O–H groups in total. The smallest absolute Gasteiger partial charge is 0.338 e. The van der Waals surface area contributed by atoms with E-state index in [0.717, 1.165) is 11.3 Å². The fourth-order valence-corrected chi connectivity index (χ4v) is 2.12. The Morgan fingerprint density at radius 1 is 1.10 bits per heavy atom. The number of carbonyl (C=O) groups is 1. The van der Waals surface area contributed by atoms with E-state index in [1.165, 1.54) is 18.2 Å². The molecular formula is C17H19NO2. The Hall–Kier alpha value is -2.29. The largest absolute Gasteiger partial charge is 0.465 e. The third-order valence-corrected chi connectivity index (χ3v) is 3.50. The van der Waals surface area contributed by atoms with Gasteiger partial charge in [0.2, 0.25) is 0 Å². The zero-order chi connectivity index (χ0) is 14.5. The van der Waals surface area contributed by atoms with Crippen molar-refractivity contribution in [2.45, 2.75) is 20.4 Å². The van der Waals surface area contributed by atoms with Crippen LogP contribution in [0.4, 0.5) is 5.69 Å². The van der Waals surface area contributed by atoms with Gasteiger partial charge in [-0.1, -0.05) is 30.3 Å². The van der Waals surface area contributed by atoms with Crippen LogP contribution < -0.4 is 5.32 Å². The van der Waals surface area contributed by atoms with Crippen LogP contribution in [0.25, 0.3) is 0 Å². The highest BCUT2D eigenvalue weighted by Gasteiger charge is 2.10. The minimum Gasteiger partial charge on any atom is -0.465 e. The molecule has 0 aliphatic carbocycles. The SMILES string of the molecule is COC(=O)c1ccccc1CNc1cccc(C)c1C. The molecule has 0 aliphatic heterocycles. The van der Waals surface area contributed by atoms with Gasteiger partial charge < -0.3 is 10.1 Å². The van der Waals surface area contributed by atoms with Crippen LogP contribution in [-0.4, -0.2) is 13.1 Å². The van der Waals surface area contributed by atoms with Gasteiger partial charge in [0.1, 0.15) is 0 Å². The fraction of sp³-hybridized carbons (Fsp3) is 0.235. The van der Waals surface area contributed by atoms with Crippen LogP contribution in [0.2, 0.25) is 0 Å². The Kier molecular flexibility index (Phi) is 4.41. The van der Waals surface area contributed by atoms with E-state index in [9.17, 15) is 4.79 Å². The number of anilines is 1. The Balaban J connectivity index is 2.19. The van der Waals surface area contributed by atoms with Gasteiger partial charge in [-0.2, -0.15) is 0 Å². The van der Waals surface area contributed by atoms with Gasteiger partial charge in [-0.15, -0.1) is 0 Å². The third kappa shape index (κ3) is 2.99. The van der Waals surface area contributed by atoms with Crippen LogP contribution in [0.3, 0.4) is 0 Å². The molecule has 0 spiro atoms. The van der Waals surface area contributed by atoms with Crippen LogP contribution in [0.15, 0.2) is 42.5 Å². The first-order chi connectivity index (χ1) is 9.63. The third-order valence-electron chi connectivity index (χ3n) is 3.50. The van der Waals surface area contributed by atoms with Gasteiger partial charge in [0.25, 0.3) is 0 Å². The summed E-state index contributed by atoms with van der Waals surface area (Å²) in [6.07, 6.45) is 0. The van der Waals surface area contributed by atoms with Crippen molar-refractivity contribution in [2.75, 3.05) is 12.4 Å². The van der Waals surface area contributed by atoms with Crippen LogP contribution in [0, 0.1) is 13.8 Å². The van der Waals surface area contributed by atoms with Crippen molar-refractivity contribution < 1.29 is 9.53 Å². The molecule has 0 atom stereocenters. The number of esters is 1. The predicted molar refractivity (Wildman–Crippen MR) is 81.0 cm³/mol. The molecule has 0 aromatic heterocycles. The summed E-state index contributed by atoms with van der Waals surface area (Å²) in [5.41, 5.74) is 5.09. The fourth-order valence-electron chi connectivity index (χ4n) is 2.12. The van der Waals surface area contributed by atoms with E-state index in [4.69, 9.17) is 4.74 Å². The zero-order valence-electron chi connectivity index (χ0n) is 12.1. The average molecular weight is 269 g/mol. The zero-order valence-corrected chi connectivity index (χ0v) is 12.1.